The van der Waals surface area contributed by atoms with Crippen LogP contribution in [0.4, 0.5) is 8.78 Å². The molecule has 0 aliphatic carbocycles. The molecule has 0 aliphatic heterocycles. The molecular weight excluding hydrogens is 176 g/mol. The lowest BCUT2D eigenvalue weighted by Crippen LogP contribution is -2.11. The van der Waals surface area contributed by atoms with Gasteiger partial charge >= 0.3 is 0 Å². The molecule has 0 aromatic heterocycles. The van der Waals surface area contributed by atoms with Gasteiger partial charge in [0, 0.05) is 17.7 Å². The maximum Gasteiger partial charge on any atom is 0.165 e. The van der Waals surface area contributed by atoms with Crippen molar-refractivity contribution in [3.8, 4) is 5.75 Å². The van der Waals surface area contributed by atoms with Crippen LogP contribution in [0.1, 0.15) is 24.9 Å². The minimum absolute atomic E-state index is 0.0952. The van der Waals surface area contributed by atoms with Gasteiger partial charge in [0.05, 0.1) is 0 Å². The molecule has 0 bridgehead atoms. The molecule has 3 N–H and O–H groups in total. The van der Waals surface area contributed by atoms with Gasteiger partial charge in [0.2, 0.25) is 0 Å². The molecule has 0 saturated carbocycles. The molecule has 1 aromatic carbocycles. The predicted molar refractivity (Wildman–Crippen MR) is 45.2 cm³/mol. The van der Waals surface area contributed by atoms with Crippen LogP contribution in [0.3, 0.4) is 0 Å². The van der Waals surface area contributed by atoms with E-state index in [1.807, 2.05) is 0 Å². The van der Waals surface area contributed by atoms with Crippen molar-refractivity contribution < 1.29 is 13.9 Å². The van der Waals surface area contributed by atoms with Crippen LogP contribution in [-0.4, -0.2) is 5.11 Å². The normalized spacial score (nSPS) is 12.9. The number of phenolic OH excluding ortho intramolecular Hbond substituents is 1. The summed E-state index contributed by atoms with van der Waals surface area (Å²) in [6.45, 7) is 1.77. The van der Waals surface area contributed by atoms with E-state index in [4.69, 9.17) is 10.8 Å². The molecule has 4 heteroatoms. The summed E-state index contributed by atoms with van der Waals surface area (Å²) < 4.78 is 25.8. The molecule has 13 heavy (non-hydrogen) atoms. The lowest BCUT2D eigenvalue weighted by molar-refractivity contribution is 0.423. The maximum absolute atomic E-state index is 13.1. The van der Waals surface area contributed by atoms with Gasteiger partial charge in [-0.2, -0.15) is 0 Å². The first kappa shape index (κ1) is 9.92. The van der Waals surface area contributed by atoms with Gasteiger partial charge in [0.15, 0.2) is 11.6 Å². The Balaban J connectivity index is 3.15. The third kappa shape index (κ3) is 1.95. The van der Waals surface area contributed by atoms with Gasteiger partial charge in [-0.05, 0) is 12.5 Å². The summed E-state index contributed by atoms with van der Waals surface area (Å²) in [5.74, 6) is -2.21. The van der Waals surface area contributed by atoms with E-state index in [-0.39, 0.29) is 5.56 Å². The highest BCUT2D eigenvalue weighted by Gasteiger charge is 2.13. The number of halogens is 2. The topological polar surface area (TPSA) is 46.2 Å². The second kappa shape index (κ2) is 3.70. The van der Waals surface area contributed by atoms with Crippen molar-refractivity contribution in [2.75, 3.05) is 0 Å². The molecule has 1 rings (SSSR count). The number of nitrogens with two attached hydrogens (primary N) is 1. The highest BCUT2D eigenvalue weighted by atomic mass is 19.1. The summed E-state index contributed by atoms with van der Waals surface area (Å²) in [6, 6.07) is 1.13. The zero-order chi connectivity index (χ0) is 10.0. The number of hydrogen-bond acceptors (Lipinski definition) is 2. The second-order valence-corrected chi connectivity index (χ2v) is 2.84. The Morgan fingerprint density at radius 2 is 2.00 bits per heavy atom. The fourth-order valence-corrected chi connectivity index (χ4v) is 1.06. The van der Waals surface area contributed by atoms with Gasteiger partial charge in [-0.15, -0.1) is 0 Å². The fraction of sp³-hybridized carbons (Fsp3) is 0.333. The maximum atomic E-state index is 13.1. The number of hydrogen-bond donors (Lipinski definition) is 2. The Morgan fingerprint density at radius 1 is 1.38 bits per heavy atom. The van der Waals surface area contributed by atoms with Crippen molar-refractivity contribution in [3.05, 3.63) is 29.3 Å². The number of phenols is 1. The first-order valence-corrected chi connectivity index (χ1v) is 3.99. The van der Waals surface area contributed by atoms with Crippen molar-refractivity contribution in [2.24, 2.45) is 5.73 Å². The van der Waals surface area contributed by atoms with Crippen molar-refractivity contribution in [1.29, 1.82) is 0 Å². The van der Waals surface area contributed by atoms with Crippen LogP contribution in [0.5, 0.6) is 5.75 Å². The Bertz CT molecular complexity index is 315. The summed E-state index contributed by atoms with van der Waals surface area (Å²) in [5.41, 5.74) is 5.62. The average molecular weight is 187 g/mol. The van der Waals surface area contributed by atoms with E-state index in [1.54, 1.807) is 6.92 Å². The first-order chi connectivity index (χ1) is 6.06. The largest absolute Gasteiger partial charge is 0.505 e. The highest BCUT2D eigenvalue weighted by Crippen LogP contribution is 2.24. The monoisotopic (exact) mass is 187 g/mol. The predicted octanol–water partition coefficient (Wildman–Crippen LogP) is 2.08. The Kier molecular flexibility index (Phi) is 2.83. The van der Waals surface area contributed by atoms with Crippen LogP contribution in [0.2, 0.25) is 0 Å². The third-order valence-corrected chi connectivity index (χ3v) is 1.91. The average Bonchev–Trinajstić information content (AvgIpc) is 2.10. The van der Waals surface area contributed by atoms with Gasteiger partial charge in [0.1, 0.15) is 5.82 Å². The summed E-state index contributed by atoms with van der Waals surface area (Å²) in [6.07, 6.45) is 0.515. The van der Waals surface area contributed by atoms with Crippen molar-refractivity contribution in [2.45, 2.75) is 19.4 Å². The van der Waals surface area contributed by atoms with Gasteiger partial charge < -0.3 is 10.8 Å². The van der Waals surface area contributed by atoms with Gasteiger partial charge in [0.25, 0.3) is 0 Å². The highest BCUT2D eigenvalue weighted by molar-refractivity contribution is 5.31. The Morgan fingerprint density at radius 3 is 2.54 bits per heavy atom. The summed E-state index contributed by atoms with van der Waals surface area (Å²) in [4.78, 5) is 0. The third-order valence-electron chi connectivity index (χ3n) is 1.91. The van der Waals surface area contributed by atoms with Crippen LogP contribution >= 0.6 is 0 Å². The number of benzene rings is 1. The lowest BCUT2D eigenvalue weighted by atomic mass is 10.0. The van der Waals surface area contributed by atoms with Crippen LogP contribution in [-0.2, 0) is 0 Å². The molecule has 0 saturated heterocycles. The van der Waals surface area contributed by atoms with Gasteiger partial charge in [-0.3, -0.25) is 0 Å². The van der Waals surface area contributed by atoms with E-state index < -0.39 is 23.4 Å². The van der Waals surface area contributed by atoms with Crippen molar-refractivity contribution in [1.82, 2.24) is 0 Å². The molecule has 1 atom stereocenters. The van der Waals surface area contributed by atoms with Crippen LogP contribution in [0, 0.1) is 11.6 Å². The van der Waals surface area contributed by atoms with Crippen molar-refractivity contribution >= 4 is 0 Å². The van der Waals surface area contributed by atoms with Crippen LogP contribution in [0.25, 0.3) is 0 Å². The second-order valence-electron chi connectivity index (χ2n) is 2.84. The molecule has 0 radical (unpaired) electrons. The summed E-state index contributed by atoms with van der Waals surface area (Å²) in [7, 11) is 0. The molecule has 2 nitrogen and oxygen atoms in total. The number of aromatic hydroxyl groups is 1. The van der Waals surface area contributed by atoms with E-state index in [0.29, 0.717) is 6.42 Å². The minimum Gasteiger partial charge on any atom is -0.505 e. The summed E-state index contributed by atoms with van der Waals surface area (Å²) in [5, 5.41) is 8.82. The minimum atomic E-state index is -0.847. The van der Waals surface area contributed by atoms with E-state index in [2.05, 4.69) is 0 Å². The van der Waals surface area contributed by atoms with E-state index in [9.17, 15) is 8.78 Å². The first-order valence-electron chi connectivity index (χ1n) is 3.99. The molecule has 0 amide bonds. The lowest BCUT2D eigenvalue weighted by Gasteiger charge is -2.10. The SMILES string of the molecule is CC[C@@H](N)c1cc(F)c(O)cc1F. The van der Waals surface area contributed by atoms with Gasteiger partial charge in [-0.25, -0.2) is 8.78 Å². The molecule has 0 aliphatic rings. The standard InChI is InChI=1S/C9H11F2NO/c1-2-8(12)5-3-7(11)9(13)4-6(5)10/h3-4,8,13H,2,12H2,1H3/t8-/m1/s1. The van der Waals surface area contributed by atoms with E-state index in [1.165, 1.54) is 0 Å². The van der Waals surface area contributed by atoms with E-state index >= 15 is 0 Å². The van der Waals surface area contributed by atoms with Crippen molar-refractivity contribution in [3.63, 3.8) is 0 Å². The molecule has 72 valence electrons. The zero-order valence-electron chi connectivity index (χ0n) is 7.22. The van der Waals surface area contributed by atoms with Crippen LogP contribution < -0.4 is 5.73 Å². The number of rotatable bonds is 2. The summed E-state index contributed by atoms with van der Waals surface area (Å²) >= 11 is 0. The molecular formula is C9H11F2NO. The molecule has 0 spiro atoms. The fourth-order valence-electron chi connectivity index (χ4n) is 1.06. The molecule has 0 fully saturated rings. The quantitative estimate of drug-likeness (QED) is 0.744. The molecule has 0 heterocycles. The van der Waals surface area contributed by atoms with Gasteiger partial charge in [-0.1, -0.05) is 6.92 Å². The molecule has 1 aromatic rings. The van der Waals surface area contributed by atoms with Crippen LogP contribution in [0.15, 0.2) is 12.1 Å². The smallest absolute Gasteiger partial charge is 0.165 e. The molecule has 0 unspecified atom stereocenters. The zero-order valence-corrected chi connectivity index (χ0v) is 7.22. The Hall–Kier alpha value is -1.16. The van der Waals surface area contributed by atoms with E-state index in [0.717, 1.165) is 12.1 Å². The Labute approximate surface area is 75.0 Å².